The van der Waals surface area contributed by atoms with Gasteiger partial charge in [-0.15, -0.1) is 0 Å². The highest BCUT2D eigenvalue weighted by atomic mass is 16.3. The van der Waals surface area contributed by atoms with E-state index in [2.05, 4.69) is 0 Å². The van der Waals surface area contributed by atoms with E-state index in [0.29, 0.717) is 10.3 Å². The minimum absolute atomic E-state index is 0.0376. The van der Waals surface area contributed by atoms with E-state index in [0.717, 1.165) is 0 Å². The number of rotatable bonds is 5. The van der Waals surface area contributed by atoms with Gasteiger partial charge in [-0.3, -0.25) is 0 Å². The maximum atomic E-state index is 9.83. The lowest BCUT2D eigenvalue weighted by atomic mass is 9.95. The zero-order valence-electron chi connectivity index (χ0n) is 44.0. The van der Waals surface area contributed by atoms with Crippen LogP contribution in [-0.2, 0) is 0 Å². The lowest BCUT2D eigenvalue weighted by molar-refractivity contribution is 0.669. The largest absolute Gasteiger partial charge is 0.456 e. The number of anilines is 3. The summed E-state index contributed by atoms with van der Waals surface area (Å²) >= 11 is 0. The van der Waals surface area contributed by atoms with Crippen LogP contribution in [0.4, 0.5) is 17.1 Å². The summed E-state index contributed by atoms with van der Waals surface area (Å²) in [4.78, 5) is 0.712. The summed E-state index contributed by atoms with van der Waals surface area (Å²) in [7, 11) is 0. The zero-order chi connectivity index (χ0) is 48.8. The molecule has 0 aliphatic heterocycles. The lowest BCUT2D eigenvalue weighted by Gasteiger charge is -2.25. The molecule has 3 heteroatoms. The van der Waals surface area contributed by atoms with Crippen molar-refractivity contribution in [2.75, 3.05) is 4.90 Å². The standard InChI is InChI=1S/C46H29NO2/c1-3-11-30(12-4-1)31-19-21-33(22-20-31)47(34-23-25-38-37-16-9-10-18-42(37)48-43(38)27-34)35-24-26-40-44(28-35)49-45-29-41(32-13-5-2-6-14-32)36-15-7-8-17-39(36)46(40)45/h1-29H/i7D,8D,11D,12D,13D,14D,15D,17D,19D,20D,21D,22D,23D,24D,25D,26D,27D,28D,29D. The quantitative estimate of drug-likeness (QED) is 0.186. The van der Waals surface area contributed by atoms with Gasteiger partial charge in [0.25, 0.3) is 0 Å². The second-order valence-corrected chi connectivity index (χ2v) is 10.9. The highest BCUT2D eigenvalue weighted by molar-refractivity contribution is 6.22. The van der Waals surface area contributed by atoms with Crippen molar-refractivity contribution in [1.82, 2.24) is 0 Å². The fraction of sp³-hybridized carbons (Fsp3) is 0. The van der Waals surface area contributed by atoms with Gasteiger partial charge >= 0.3 is 0 Å². The summed E-state index contributed by atoms with van der Waals surface area (Å²) < 4.78 is 186. The molecule has 0 aliphatic carbocycles. The van der Waals surface area contributed by atoms with Crippen LogP contribution in [0.15, 0.2) is 184 Å². The van der Waals surface area contributed by atoms with Crippen molar-refractivity contribution in [3.05, 3.63) is 175 Å². The Morgan fingerprint density at radius 1 is 0.388 bits per heavy atom. The van der Waals surface area contributed by atoms with Gasteiger partial charge in [-0.05, 0) is 81.4 Å². The molecule has 230 valence electrons. The number of furan rings is 2. The van der Waals surface area contributed by atoms with Crippen LogP contribution in [0.5, 0.6) is 0 Å². The van der Waals surface area contributed by atoms with E-state index >= 15 is 0 Å². The molecule has 0 unspecified atom stereocenters. The number of fused-ring (bicyclic) bond motifs is 8. The summed E-state index contributed by atoms with van der Waals surface area (Å²) in [5.41, 5.74) is -4.47. The summed E-state index contributed by atoms with van der Waals surface area (Å²) in [5.74, 6) is 0. The molecule has 0 amide bonds. The monoisotopic (exact) mass is 646 g/mol. The lowest BCUT2D eigenvalue weighted by Crippen LogP contribution is -2.09. The Balaban J connectivity index is 1.40. The molecule has 49 heavy (non-hydrogen) atoms. The predicted octanol–water partition coefficient (Wildman–Crippen LogP) is 13.4. The van der Waals surface area contributed by atoms with E-state index in [-0.39, 0.29) is 73.6 Å². The molecule has 3 nitrogen and oxygen atoms in total. The van der Waals surface area contributed by atoms with Gasteiger partial charge in [0.1, 0.15) is 22.3 Å². The first kappa shape index (κ1) is 14.7. The summed E-state index contributed by atoms with van der Waals surface area (Å²) in [5, 5.41) is -0.901. The average molecular weight is 647 g/mol. The van der Waals surface area contributed by atoms with Crippen LogP contribution >= 0.6 is 0 Å². The molecule has 2 heterocycles. The normalized spacial score (nSPS) is 17.1. The fourth-order valence-electron chi connectivity index (χ4n) is 5.89. The number of hydrogen-bond acceptors (Lipinski definition) is 3. The molecule has 0 atom stereocenters. The van der Waals surface area contributed by atoms with Crippen molar-refractivity contribution in [2.24, 2.45) is 0 Å². The molecule has 0 bridgehead atoms. The fourth-order valence-corrected chi connectivity index (χ4v) is 5.89. The highest BCUT2D eigenvalue weighted by Crippen LogP contribution is 2.44. The van der Waals surface area contributed by atoms with E-state index < -0.39 is 130 Å². The third kappa shape index (κ3) is 4.51. The van der Waals surface area contributed by atoms with Gasteiger partial charge in [0, 0.05) is 50.7 Å². The van der Waals surface area contributed by atoms with Crippen molar-refractivity contribution in [3.63, 3.8) is 0 Å². The zero-order valence-corrected chi connectivity index (χ0v) is 25.0. The molecule has 0 saturated heterocycles. The second-order valence-electron chi connectivity index (χ2n) is 10.9. The SMILES string of the molecule is [2H]c1cccc([2H])c1-c1c([2H])c([2H])c(N(c2c([2H])c([2H])c3c(oc4ccccc43)c2[2H])c2c([2H])c([2H])c3c(oc4c([2H])c(-c5c([2H])cccc5[2H])c5c([2H])c([2H])c([2H])c([2H])c5c43)c2[2H])c([2H])c1[2H]. The number of para-hydroxylation sites is 1. The Kier molecular flexibility index (Phi) is 3.30. The smallest absolute Gasteiger partial charge is 0.137 e. The summed E-state index contributed by atoms with van der Waals surface area (Å²) in [6.45, 7) is 0. The van der Waals surface area contributed by atoms with Gasteiger partial charge in [-0.1, -0.05) is 115 Å². The summed E-state index contributed by atoms with van der Waals surface area (Å²) in [6, 6.07) is 2.17. The molecular formula is C46H29NO2. The molecule has 0 fully saturated rings. The number of benzene rings is 8. The second kappa shape index (κ2) is 11.0. The molecule has 0 N–H and O–H groups in total. The van der Waals surface area contributed by atoms with Gasteiger partial charge < -0.3 is 13.7 Å². The molecule has 0 spiro atoms. The van der Waals surface area contributed by atoms with Gasteiger partial charge in [-0.25, -0.2) is 0 Å². The highest BCUT2D eigenvalue weighted by Gasteiger charge is 2.19. The van der Waals surface area contributed by atoms with Crippen LogP contribution in [0.2, 0.25) is 0 Å². The van der Waals surface area contributed by atoms with Crippen LogP contribution in [0.1, 0.15) is 26.0 Å². The van der Waals surface area contributed by atoms with E-state index in [1.54, 1.807) is 24.3 Å². The van der Waals surface area contributed by atoms with Gasteiger partial charge in [-0.2, -0.15) is 0 Å². The molecule has 0 radical (unpaired) electrons. The van der Waals surface area contributed by atoms with Crippen molar-refractivity contribution in [1.29, 1.82) is 0 Å². The third-order valence-electron chi connectivity index (χ3n) is 8.08. The Morgan fingerprint density at radius 2 is 0.980 bits per heavy atom. The van der Waals surface area contributed by atoms with Crippen LogP contribution in [-0.4, -0.2) is 0 Å². The Hall–Kier alpha value is -6.58. The number of nitrogens with zero attached hydrogens (tertiary/aromatic N) is 1. The van der Waals surface area contributed by atoms with Crippen LogP contribution < -0.4 is 4.90 Å². The molecule has 10 aromatic rings. The van der Waals surface area contributed by atoms with E-state index in [4.69, 9.17) is 19.8 Å². The average Bonchev–Trinajstić information content (AvgIpc) is 3.90. The Bertz CT molecular complexity index is 3870. The van der Waals surface area contributed by atoms with Crippen LogP contribution in [0.25, 0.3) is 76.9 Å². The molecule has 2 aromatic heterocycles. The molecule has 0 saturated carbocycles. The predicted molar refractivity (Wildman–Crippen MR) is 204 cm³/mol. The maximum Gasteiger partial charge on any atom is 0.137 e. The van der Waals surface area contributed by atoms with Crippen molar-refractivity contribution in [3.8, 4) is 22.3 Å². The molecule has 10 rings (SSSR count). The minimum Gasteiger partial charge on any atom is -0.456 e. The Morgan fingerprint density at radius 3 is 1.73 bits per heavy atom. The van der Waals surface area contributed by atoms with Crippen LogP contribution in [0, 0.1) is 0 Å². The maximum absolute atomic E-state index is 9.83. The molecule has 0 aliphatic rings. The number of hydrogen-bond donors (Lipinski definition) is 0. The first-order valence-electron chi connectivity index (χ1n) is 24.6. The Labute approximate surface area is 309 Å². The van der Waals surface area contributed by atoms with Crippen molar-refractivity contribution < 1.29 is 34.9 Å². The van der Waals surface area contributed by atoms with Crippen LogP contribution in [0.3, 0.4) is 0 Å². The van der Waals surface area contributed by atoms with Crippen molar-refractivity contribution in [2.45, 2.75) is 0 Å². The van der Waals surface area contributed by atoms with E-state index in [1.807, 2.05) is 0 Å². The third-order valence-corrected chi connectivity index (χ3v) is 8.08. The topological polar surface area (TPSA) is 29.5 Å². The van der Waals surface area contributed by atoms with Gasteiger partial charge in [0.05, 0.1) is 26.0 Å². The first-order valence-corrected chi connectivity index (χ1v) is 15.1. The minimum atomic E-state index is -0.916. The summed E-state index contributed by atoms with van der Waals surface area (Å²) in [6.07, 6.45) is 0. The van der Waals surface area contributed by atoms with Gasteiger partial charge in [0.2, 0.25) is 0 Å². The van der Waals surface area contributed by atoms with Gasteiger partial charge in [0.15, 0.2) is 0 Å². The van der Waals surface area contributed by atoms with E-state index in [1.165, 1.54) is 36.4 Å². The molecule has 8 aromatic carbocycles. The van der Waals surface area contributed by atoms with E-state index in [9.17, 15) is 15.1 Å². The van der Waals surface area contributed by atoms with Crippen molar-refractivity contribution >= 4 is 71.7 Å². The first-order chi connectivity index (χ1) is 32.2. The molecular weight excluding hydrogens is 599 g/mol.